The molecule has 2 heteroatoms. The average molecular weight is 232 g/mol. The highest BCUT2D eigenvalue weighted by Gasteiger charge is 2.20. The van der Waals surface area contributed by atoms with E-state index >= 15 is 0 Å². The molecule has 1 heterocycles. The standard InChI is InChI=1S/C15H24N2/c16-15-8-4-7-13-10-17(11-14(13)15)9-12-5-2-1-3-6-12/h10-12,15H,1-9,16H2. The first-order valence-corrected chi connectivity index (χ1v) is 7.27. The van der Waals surface area contributed by atoms with Crippen molar-refractivity contribution in [2.24, 2.45) is 11.7 Å². The molecule has 1 aromatic heterocycles. The number of fused-ring (bicyclic) bond motifs is 1. The van der Waals surface area contributed by atoms with Gasteiger partial charge in [-0.2, -0.15) is 0 Å². The molecule has 94 valence electrons. The predicted octanol–water partition coefficient (Wildman–Crippen LogP) is 3.40. The molecule has 2 nitrogen and oxygen atoms in total. The number of rotatable bonds is 2. The maximum Gasteiger partial charge on any atom is 0.0312 e. The summed E-state index contributed by atoms with van der Waals surface area (Å²) in [6.07, 6.45) is 15.5. The van der Waals surface area contributed by atoms with Gasteiger partial charge in [0.1, 0.15) is 0 Å². The molecule has 1 saturated carbocycles. The quantitative estimate of drug-likeness (QED) is 0.832. The van der Waals surface area contributed by atoms with Gasteiger partial charge in [-0.3, -0.25) is 0 Å². The fourth-order valence-electron chi connectivity index (χ4n) is 3.56. The van der Waals surface area contributed by atoms with E-state index in [1.54, 1.807) is 0 Å². The normalized spacial score (nSPS) is 25.8. The summed E-state index contributed by atoms with van der Waals surface area (Å²) in [4.78, 5) is 0. The maximum atomic E-state index is 6.18. The highest BCUT2D eigenvalue weighted by atomic mass is 14.9. The van der Waals surface area contributed by atoms with Crippen LogP contribution in [0.4, 0.5) is 0 Å². The zero-order chi connectivity index (χ0) is 11.7. The van der Waals surface area contributed by atoms with Gasteiger partial charge in [-0.15, -0.1) is 0 Å². The molecule has 2 aliphatic carbocycles. The Bertz CT molecular complexity index is 374. The molecule has 0 amide bonds. The molecular formula is C15H24N2. The van der Waals surface area contributed by atoms with Crippen LogP contribution in [0.25, 0.3) is 0 Å². The van der Waals surface area contributed by atoms with Gasteiger partial charge in [0.15, 0.2) is 0 Å². The van der Waals surface area contributed by atoms with E-state index < -0.39 is 0 Å². The fraction of sp³-hybridized carbons (Fsp3) is 0.733. The zero-order valence-electron chi connectivity index (χ0n) is 10.7. The minimum atomic E-state index is 0.298. The van der Waals surface area contributed by atoms with Crippen molar-refractivity contribution in [2.45, 2.75) is 64.0 Å². The van der Waals surface area contributed by atoms with E-state index in [0.717, 1.165) is 5.92 Å². The van der Waals surface area contributed by atoms with E-state index in [0.29, 0.717) is 6.04 Å². The Morgan fingerprint density at radius 1 is 1.06 bits per heavy atom. The Morgan fingerprint density at radius 3 is 2.65 bits per heavy atom. The molecule has 1 atom stereocenters. The zero-order valence-corrected chi connectivity index (χ0v) is 10.7. The second-order valence-electron chi connectivity index (χ2n) is 5.94. The first-order valence-electron chi connectivity index (χ1n) is 7.27. The summed E-state index contributed by atoms with van der Waals surface area (Å²) < 4.78 is 2.42. The lowest BCUT2D eigenvalue weighted by Crippen LogP contribution is -2.15. The van der Waals surface area contributed by atoms with Crippen LogP contribution in [0.3, 0.4) is 0 Å². The smallest absolute Gasteiger partial charge is 0.0312 e. The number of hydrogen-bond donors (Lipinski definition) is 1. The van der Waals surface area contributed by atoms with Crippen molar-refractivity contribution in [1.82, 2.24) is 4.57 Å². The average Bonchev–Trinajstić information content (AvgIpc) is 2.74. The molecule has 2 N–H and O–H groups in total. The van der Waals surface area contributed by atoms with E-state index in [4.69, 9.17) is 5.73 Å². The van der Waals surface area contributed by atoms with Crippen LogP contribution in [-0.2, 0) is 13.0 Å². The molecule has 0 aliphatic heterocycles. The van der Waals surface area contributed by atoms with E-state index in [2.05, 4.69) is 17.0 Å². The van der Waals surface area contributed by atoms with Gasteiger partial charge in [-0.05, 0) is 49.1 Å². The van der Waals surface area contributed by atoms with Gasteiger partial charge >= 0.3 is 0 Å². The third-order valence-corrected chi connectivity index (χ3v) is 4.55. The first-order chi connectivity index (χ1) is 8.33. The van der Waals surface area contributed by atoms with E-state index in [1.807, 2.05) is 0 Å². The van der Waals surface area contributed by atoms with Gasteiger partial charge in [0.05, 0.1) is 0 Å². The topological polar surface area (TPSA) is 30.9 Å². The van der Waals surface area contributed by atoms with Crippen LogP contribution in [0.15, 0.2) is 12.4 Å². The van der Waals surface area contributed by atoms with Crippen molar-refractivity contribution in [3.05, 3.63) is 23.5 Å². The maximum absolute atomic E-state index is 6.18. The van der Waals surface area contributed by atoms with Crippen molar-refractivity contribution < 1.29 is 0 Å². The molecule has 17 heavy (non-hydrogen) atoms. The fourth-order valence-corrected chi connectivity index (χ4v) is 3.56. The lowest BCUT2D eigenvalue weighted by Gasteiger charge is -2.21. The van der Waals surface area contributed by atoms with E-state index in [-0.39, 0.29) is 0 Å². The SMILES string of the molecule is NC1CCCc2cn(CC3CCCCC3)cc21. The molecule has 1 fully saturated rings. The molecule has 3 rings (SSSR count). The van der Waals surface area contributed by atoms with Gasteiger partial charge in [-0.25, -0.2) is 0 Å². The summed E-state index contributed by atoms with van der Waals surface area (Å²) in [5, 5.41) is 0. The van der Waals surface area contributed by atoms with Gasteiger partial charge in [0, 0.05) is 25.0 Å². The van der Waals surface area contributed by atoms with E-state index in [1.165, 1.54) is 69.0 Å². The molecular weight excluding hydrogens is 208 g/mol. The molecule has 0 aromatic carbocycles. The summed E-state index contributed by atoms with van der Waals surface area (Å²) in [6.45, 7) is 1.22. The lowest BCUT2D eigenvalue weighted by atomic mass is 9.89. The highest BCUT2D eigenvalue weighted by Crippen LogP contribution is 2.30. The van der Waals surface area contributed by atoms with Crippen molar-refractivity contribution in [3.63, 3.8) is 0 Å². The Hall–Kier alpha value is -0.760. The van der Waals surface area contributed by atoms with Gasteiger partial charge in [-0.1, -0.05) is 19.3 Å². The number of aryl methyl sites for hydroxylation is 1. The summed E-state index contributed by atoms with van der Waals surface area (Å²) in [5.74, 6) is 0.911. The van der Waals surface area contributed by atoms with Crippen LogP contribution >= 0.6 is 0 Å². The molecule has 0 saturated heterocycles. The van der Waals surface area contributed by atoms with Crippen LogP contribution < -0.4 is 5.73 Å². The summed E-state index contributed by atoms with van der Waals surface area (Å²) >= 11 is 0. The molecule has 2 aliphatic rings. The first kappa shape index (κ1) is 11.3. The van der Waals surface area contributed by atoms with Crippen LogP contribution in [-0.4, -0.2) is 4.57 Å². The van der Waals surface area contributed by atoms with Crippen LogP contribution in [0.1, 0.15) is 62.1 Å². The van der Waals surface area contributed by atoms with Crippen LogP contribution in [0.2, 0.25) is 0 Å². The second kappa shape index (κ2) is 4.85. The summed E-state index contributed by atoms with van der Waals surface area (Å²) in [7, 11) is 0. The molecule has 1 aromatic rings. The lowest BCUT2D eigenvalue weighted by molar-refractivity contribution is 0.319. The number of nitrogens with zero attached hydrogens (tertiary/aromatic N) is 1. The third kappa shape index (κ3) is 2.42. The third-order valence-electron chi connectivity index (χ3n) is 4.55. The highest BCUT2D eigenvalue weighted by molar-refractivity contribution is 5.29. The molecule has 0 spiro atoms. The Kier molecular flexibility index (Phi) is 3.24. The van der Waals surface area contributed by atoms with Crippen molar-refractivity contribution in [1.29, 1.82) is 0 Å². The van der Waals surface area contributed by atoms with Gasteiger partial charge in [0.2, 0.25) is 0 Å². The van der Waals surface area contributed by atoms with Gasteiger partial charge in [0.25, 0.3) is 0 Å². The summed E-state index contributed by atoms with van der Waals surface area (Å²) in [5.41, 5.74) is 9.12. The number of nitrogens with two attached hydrogens (primary N) is 1. The predicted molar refractivity (Wildman–Crippen MR) is 70.9 cm³/mol. The molecule has 0 bridgehead atoms. The minimum Gasteiger partial charge on any atom is -0.353 e. The van der Waals surface area contributed by atoms with Crippen molar-refractivity contribution in [3.8, 4) is 0 Å². The number of aromatic nitrogens is 1. The van der Waals surface area contributed by atoms with Crippen LogP contribution in [0, 0.1) is 5.92 Å². The van der Waals surface area contributed by atoms with E-state index in [9.17, 15) is 0 Å². The van der Waals surface area contributed by atoms with Crippen molar-refractivity contribution in [2.75, 3.05) is 0 Å². The Morgan fingerprint density at radius 2 is 1.88 bits per heavy atom. The largest absolute Gasteiger partial charge is 0.353 e. The molecule has 1 unspecified atom stereocenters. The minimum absolute atomic E-state index is 0.298. The Balaban J connectivity index is 1.71. The monoisotopic (exact) mass is 232 g/mol. The van der Waals surface area contributed by atoms with Gasteiger partial charge < -0.3 is 10.3 Å². The summed E-state index contributed by atoms with van der Waals surface area (Å²) in [6, 6.07) is 0.298. The van der Waals surface area contributed by atoms with Crippen molar-refractivity contribution >= 4 is 0 Å². The molecule has 0 radical (unpaired) electrons. The van der Waals surface area contributed by atoms with Crippen LogP contribution in [0.5, 0.6) is 0 Å². The number of hydrogen-bond acceptors (Lipinski definition) is 1. The Labute approximate surface area is 104 Å². The second-order valence-corrected chi connectivity index (χ2v) is 5.94.